The first-order chi connectivity index (χ1) is 14.3. The number of benzene rings is 2. The summed E-state index contributed by atoms with van der Waals surface area (Å²) in [6.07, 6.45) is -4.42. The maximum Gasteiger partial charge on any atom is 0.416 e. The summed E-state index contributed by atoms with van der Waals surface area (Å²) in [5.41, 5.74) is 0.543. The zero-order valence-electron chi connectivity index (χ0n) is 16.2. The summed E-state index contributed by atoms with van der Waals surface area (Å²) < 4.78 is 44.2. The molecule has 4 rings (SSSR count). The Hall–Kier alpha value is -2.58. The lowest BCUT2D eigenvalue weighted by molar-refractivity contribution is -0.137. The molecule has 5 nitrogen and oxygen atoms in total. The number of anilines is 1. The first-order valence-corrected chi connectivity index (χ1v) is 9.95. The van der Waals surface area contributed by atoms with Crippen LogP contribution in [-0.2, 0) is 6.18 Å². The zero-order valence-corrected chi connectivity index (χ0v) is 17.0. The molecule has 1 fully saturated rings. The largest absolute Gasteiger partial charge is 0.416 e. The standard InChI is InChI=1S/C21H20ClF3N4O/c1-14(28-9-11-29(12-10-28)18-8-3-2-7-17(18)22)20-26-19(27-30-20)15-5-4-6-16(13-15)21(23,24)25/h2-8,13-14H,9-12H2,1H3/t14-/m1/s1. The monoisotopic (exact) mass is 436 g/mol. The molecule has 30 heavy (non-hydrogen) atoms. The third-order valence-corrected chi connectivity index (χ3v) is 5.62. The third-order valence-electron chi connectivity index (χ3n) is 5.30. The van der Waals surface area contributed by atoms with Gasteiger partial charge >= 0.3 is 6.18 Å². The van der Waals surface area contributed by atoms with E-state index in [-0.39, 0.29) is 17.4 Å². The normalized spacial score (nSPS) is 16.6. The molecule has 0 amide bonds. The summed E-state index contributed by atoms with van der Waals surface area (Å²) in [6, 6.07) is 12.5. The SMILES string of the molecule is C[C@H](c1nc(-c2cccc(C(F)(F)F)c2)no1)N1CCN(c2ccccc2Cl)CC1. The smallest absolute Gasteiger partial charge is 0.368 e. The molecule has 158 valence electrons. The Kier molecular flexibility index (Phi) is 5.71. The highest BCUT2D eigenvalue weighted by molar-refractivity contribution is 6.33. The van der Waals surface area contributed by atoms with Crippen LogP contribution in [0.3, 0.4) is 0 Å². The second kappa shape index (κ2) is 8.28. The Balaban J connectivity index is 1.44. The topological polar surface area (TPSA) is 45.4 Å². The summed E-state index contributed by atoms with van der Waals surface area (Å²) in [5.74, 6) is 0.534. The van der Waals surface area contributed by atoms with E-state index in [1.54, 1.807) is 0 Å². The van der Waals surface area contributed by atoms with Gasteiger partial charge in [-0.15, -0.1) is 0 Å². The highest BCUT2D eigenvalue weighted by Crippen LogP contribution is 2.32. The van der Waals surface area contributed by atoms with Crippen LogP contribution in [0.25, 0.3) is 11.4 Å². The Morgan fingerprint density at radius 1 is 1.03 bits per heavy atom. The molecule has 0 saturated carbocycles. The highest BCUT2D eigenvalue weighted by atomic mass is 35.5. The Bertz CT molecular complexity index is 1020. The van der Waals surface area contributed by atoms with E-state index in [1.807, 2.05) is 31.2 Å². The molecule has 0 aliphatic carbocycles. The van der Waals surface area contributed by atoms with Crippen LogP contribution in [0.1, 0.15) is 24.4 Å². The Labute approximate surface area is 177 Å². The van der Waals surface area contributed by atoms with E-state index in [0.717, 1.165) is 49.0 Å². The van der Waals surface area contributed by atoms with Crippen LogP contribution in [-0.4, -0.2) is 41.2 Å². The molecule has 0 radical (unpaired) electrons. The molecule has 1 aliphatic heterocycles. The maximum atomic E-state index is 13.0. The van der Waals surface area contributed by atoms with Gasteiger partial charge < -0.3 is 9.42 Å². The number of para-hydroxylation sites is 1. The van der Waals surface area contributed by atoms with E-state index in [1.165, 1.54) is 12.1 Å². The van der Waals surface area contributed by atoms with E-state index in [0.29, 0.717) is 5.89 Å². The van der Waals surface area contributed by atoms with Gasteiger partial charge in [0.15, 0.2) is 0 Å². The van der Waals surface area contributed by atoms with Gasteiger partial charge in [-0.3, -0.25) is 4.90 Å². The van der Waals surface area contributed by atoms with Gasteiger partial charge in [-0.05, 0) is 31.2 Å². The fourth-order valence-electron chi connectivity index (χ4n) is 3.57. The number of hydrogen-bond acceptors (Lipinski definition) is 5. The first kappa shape index (κ1) is 20.7. The summed E-state index contributed by atoms with van der Waals surface area (Å²) in [6.45, 7) is 5.08. The minimum Gasteiger partial charge on any atom is -0.368 e. The second-order valence-corrected chi connectivity index (χ2v) is 7.59. The molecule has 0 spiro atoms. The minimum absolute atomic E-state index is 0.148. The highest BCUT2D eigenvalue weighted by Gasteiger charge is 2.31. The van der Waals surface area contributed by atoms with Crippen LogP contribution in [0.5, 0.6) is 0 Å². The van der Waals surface area contributed by atoms with Crippen molar-refractivity contribution in [2.45, 2.75) is 19.1 Å². The van der Waals surface area contributed by atoms with Crippen LogP contribution in [0.15, 0.2) is 53.1 Å². The summed E-state index contributed by atoms with van der Waals surface area (Å²) >= 11 is 6.29. The quantitative estimate of drug-likeness (QED) is 0.556. The summed E-state index contributed by atoms with van der Waals surface area (Å²) in [5, 5.41) is 4.62. The molecule has 2 heterocycles. The lowest BCUT2D eigenvalue weighted by Crippen LogP contribution is -2.47. The van der Waals surface area contributed by atoms with E-state index in [4.69, 9.17) is 16.1 Å². The molecular formula is C21H20ClF3N4O. The van der Waals surface area contributed by atoms with Crippen molar-refractivity contribution < 1.29 is 17.7 Å². The van der Waals surface area contributed by atoms with Gasteiger partial charge in [-0.2, -0.15) is 18.2 Å². The molecular weight excluding hydrogens is 417 g/mol. The average molecular weight is 437 g/mol. The summed E-state index contributed by atoms with van der Waals surface area (Å²) in [4.78, 5) is 8.78. The predicted molar refractivity (Wildman–Crippen MR) is 108 cm³/mol. The summed E-state index contributed by atoms with van der Waals surface area (Å²) in [7, 11) is 0. The Morgan fingerprint density at radius 2 is 1.77 bits per heavy atom. The molecule has 1 saturated heterocycles. The van der Waals surface area contributed by atoms with Crippen LogP contribution in [0.4, 0.5) is 18.9 Å². The molecule has 1 atom stereocenters. The van der Waals surface area contributed by atoms with Crippen LogP contribution < -0.4 is 4.90 Å². The van der Waals surface area contributed by atoms with Crippen molar-refractivity contribution in [2.75, 3.05) is 31.1 Å². The predicted octanol–water partition coefficient (Wildman–Crippen LogP) is 5.29. The number of hydrogen-bond donors (Lipinski definition) is 0. The minimum atomic E-state index is -4.42. The van der Waals surface area contributed by atoms with Crippen LogP contribution in [0, 0.1) is 0 Å². The van der Waals surface area contributed by atoms with Gasteiger partial charge in [0, 0.05) is 31.7 Å². The molecule has 2 aromatic carbocycles. The number of alkyl halides is 3. The second-order valence-electron chi connectivity index (χ2n) is 7.19. The number of rotatable bonds is 4. The van der Waals surface area contributed by atoms with Crippen LogP contribution >= 0.6 is 11.6 Å². The number of aromatic nitrogens is 2. The zero-order chi connectivity index (χ0) is 21.3. The number of nitrogens with zero attached hydrogens (tertiary/aromatic N) is 4. The van der Waals surface area contributed by atoms with Crippen LogP contribution in [0.2, 0.25) is 5.02 Å². The third kappa shape index (κ3) is 4.29. The van der Waals surface area contributed by atoms with Crippen molar-refractivity contribution in [2.24, 2.45) is 0 Å². The van der Waals surface area contributed by atoms with E-state index in [2.05, 4.69) is 19.9 Å². The van der Waals surface area contributed by atoms with Crippen molar-refractivity contribution in [3.63, 3.8) is 0 Å². The molecule has 0 N–H and O–H groups in total. The van der Waals surface area contributed by atoms with Crippen molar-refractivity contribution in [3.8, 4) is 11.4 Å². The molecule has 0 bridgehead atoms. The van der Waals surface area contributed by atoms with E-state index in [9.17, 15) is 13.2 Å². The number of piperazine rings is 1. The molecule has 0 unspecified atom stereocenters. The fourth-order valence-corrected chi connectivity index (χ4v) is 3.83. The molecule has 1 aromatic heterocycles. The van der Waals surface area contributed by atoms with Gasteiger partial charge in [0.05, 0.1) is 22.3 Å². The maximum absolute atomic E-state index is 13.0. The first-order valence-electron chi connectivity index (χ1n) is 9.57. The van der Waals surface area contributed by atoms with Gasteiger partial charge in [0.2, 0.25) is 11.7 Å². The van der Waals surface area contributed by atoms with Crippen molar-refractivity contribution in [1.82, 2.24) is 15.0 Å². The fraction of sp³-hybridized carbons (Fsp3) is 0.333. The van der Waals surface area contributed by atoms with Gasteiger partial charge in [0.25, 0.3) is 0 Å². The van der Waals surface area contributed by atoms with E-state index < -0.39 is 11.7 Å². The Morgan fingerprint density at radius 3 is 2.47 bits per heavy atom. The number of halogens is 4. The van der Waals surface area contributed by atoms with Gasteiger partial charge in [-0.25, -0.2) is 0 Å². The lowest BCUT2D eigenvalue weighted by Gasteiger charge is -2.38. The van der Waals surface area contributed by atoms with Gasteiger partial charge in [0.1, 0.15) is 0 Å². The molecule has 9 heteroatoms. The van der Waals surface area contributed by atoms with Crippen molar-refractivity contribution in [3.05, 3.63) is 65.0 Å². The molecule has 1 aliphatic rings. The van der Waals surface area contributed by atoms with Crippen molar-refractivity contribution >= 4 is 17.3 Å². The van der Waals surface area contributed by atoms with E-state index >= 15 is 0 Å². The average Bonchev–Trinajstić information content (AvgIpc) is 3.24. The van der Waals surface area contributed by atoms with Crippen molar-refractivity contribution in [1.29, 1.82) is 0 Å². The molecule has 3 aromatic rings. The lowest BCUT2D eigenvalue weighted by atomic mass is 10.1. The van der Waals surface area contributed by atoms with Gasteiger partial charge in [-0.1, -0.05) is 41.0 Å².